The summed E-state index contributed by atoms with van der Waals surface area (Å²) < 4.78 is 26.0. The van der Waals surface area contributed by atoms with E-state index in [0.717, 1.165) is 57.3 Å². The molecule has 1 heterocycles. The van der Waals surface area contributed by atoms with Crippen molar-refractivity contribution in [1.82, 2.24) is 20.3 Å². The summed E-state index contributed by atoms with van der Waals surface area (Å²) in [7, 11) is -1.97. The van der Waals surface area contributed by atoms with E-state index >= 15 is 0 Å². The highest BCUT2D eigenvalue weighted by Gasteiger charge is 2.17. The van der Waals surface area contributed by atoms with Crippen LogP contribution in [0, 0.1) is 0 Å². The predicted octanol–water partition coefficient (Wildman–Crippen LogP) is 1.50. The van der Waals surface area contributed by atoms with Crippen LogP contribution in [0.4, 0.5) is 0 Å². The van der Waals surface area contributed by atoms with Crippen molar-refractivity contribution in [2.24, 2.45) is 0 Å². The quantitative estimate of drug-likeness (QED) is 0.443. The molecule has 1 aliphatic heterocycles. The van der Waals surface area contributed by atoms with Crippen LogP contribution in [0.2, 0.25) is 0 Å². The summed E-state index contributed by atoms with van der Waals surface area (Å²) in [5, 5.41) is 6.80. The van der Waals surface area contributed by atoms with E-state index in [1.165, 1.54) is 7.05 Å². The zero-order valence-electron chi connectivity index (χ0n) is 17.9. The van der Waals surface area contributed by atoms with Crippen LogP contribution in [-0.4, -0.2) is 64.5 Å². The van der Waals surface area contributed by atoms with E-state index in [1.54, 1.807) is 12.1 Å². The largest absolute Gasteiger partial charge is 0.340 e. The van der Waals surface area contributed by atoms with Gasteiger partial charge < -0.3 is 15.5 Å². The van der Waals surface area contributed by atoms with E-state index in [2.05, 4.69) is 29.2 Å². The van der Waals surface area contributed by atoms with Crippen molar-refractivity contribution in [1.29, 1.82) is 0 Å². The number of amides is 1. The van der Waals surface area contributed by atoms with Crippen molar-refractivity contribution >= 4 is 15.9 Å². The van der Waals surface area contributed by atoms with Crippen molar-refractivity contribution in [2.45, 2.75) is 62.9 Å². The third kappa shape index (κ3) is 7.70. The number of sulfonamides is 1. The fraction of sp³-hybridized carbons (Fsp3) is 0.667. The van der Waals surface area contributed by atoms with Gasteiger partial charge in [-0.05, 0) is 57.4 Å². The van der Waals surface area contributed by atoms with Crippen LogP contribution < -0.4 is 15.4 Å². The maximum absolute atomic E-state index is 11.8. The number of benzene rings is 1. The number of unbranched alkanes of at least 4 members (excludes halogenated alkanes) is 1. The standard InChI is InChI=1S/C21H36N4O3S/c1-4-19(7-5-6-13-25-14-12-23-16-21(25)26)24-17(2)15-18-8-10-20(11-9-18)29(27,28)22-3/h8-11,17,19,22-24H,4-7,12-16H2,1-3H3. The van der Waals surface area contributed by atoms with Gasteiger partial charge in [-0.25, -0.2) is 13.1 Å². The van der Waals surface area contributed by atoms with E-state index < -0.39 is 10.0 Å². The van der Waals surface area contributed by atoms with E-state index in [1.807, 2.05) is 17.0 Å². The lowest BCUT2D eigenvalue weighted by Crippen LogP contribution is -2.48. The van der Waals surface area contributed by atoms with Crippen LogP contribution in [0.5, 0.6) is 0 Å². The minimum atomic E-state index is -3.38. The molecule has 8 heteroatoms. The van der Waals surface area contributed by atoms with Crippen LogP contribution in [-0.2, 0) is 21.2 Å². The first-order chi connectivity index (χ1) is 13.9. The van der Waals surface area contributed by atoms with Crippen molar-refractivity contribution in [3.8, 4) is 0 Å². The average Bonchev–Trinajstić information content (AvgIpc) is 2.71. The second kappa shape index (κ2) is 11.6. The minimum Gasteiger partial charge on any atom is -0.340 e. The van der Waals surface area contributed by atoms with Crippen LogP contribution in [0.25, 0.3) is 0 Å². The molecule has 1 amide bonds. The number of nitrogens with zero attached hydrogens (tertiary/aromatic N) is 1. The molecule has 1 aliphatic rings. The maximum Gasteiger partial charge on any atom is 0.240 e. The molecule has 0 bridgehead atoms. The molecule has 0 aromatic heterocycles. The second-order valence-electron chi connectivity index (χ2n) is 7.78. The number of nitrogens with one attached hydrogen (secondary N) is 3. The topological polar surface area (TPSA) is 90.5 Å². The minimum absolute atomic E-state index is 0.212. The van der Waals surface area contributed by atoms with Crippen LogP contribution >= 0.6 is 0 Å². The Kier molecular flexibility index (Phi) is 9.55. The summed E-state index contributed by atoms with van der Waals surface area (Å²) in [4.78, 5) is 14.1. The molecular weight excluding hydrogens is 388 g/mol. The molecule has 2 atom stereocenters. The molecule has 2 unspecified atom stereocenters. The number of rotatable bonds is 12. The number of carbonyl (C=O) groups excluding carboxylic acids is 1. The molecule has 0 saturated carbocycles. The molecule has 2 rings (SSSR count). The Morgan fingerprint density at radius 1 is 1.21 bits per heavy atom. The fourth-order valence-electron chi connectivity index (χ4n) is 3.72. The summed E-state index contributed by atoms with van der Waals surface area (Å²) in [6, 6.07) is 7.83. The third-order valence-corrected chi connectivity index (χ3v) is 6.91. The Morgan fingerprint density at radius 3 is 2.55 bits per heavy atom. The van der Waals surface area contributed by atoms with Crippen molar-refractivity contribution in [2.75, 3.05) is 33.2 Å². The normalized spacial score (nSPS) is 17.3. The van der Waals surface area contributed by atoms with Gasteiger partial charge >= 0.3 is 0 Å². The molecule has 7 nitrogen and oxygen atoms in total. The number of hydrogen-bond acceptors (Lipinski definition) is 5. The van der Waals surface area contributed by atoms with E-state index in [4.69, 9.17) is 0 Å². The molecule has 164 valence electrons. The molecule has 3 N–H and O–H groups in total. The molecule has 29 heavy (non-hydrogen) atoms. The molecule has 1 aromatic carbocycles. The summed E-state index contributed by atoms with van der Waals surface area (Å²) >= 11 is 0. The van der Waals surface area contributed by atoms with Gasteiger partial charge in [0.2, 0.25) is 15.9 Å². The lowest BCUT2D eigenvalue weighted by molar-refractivity contribution is -0.131. The number of hydrogen-bond donors (Lipinski definition) is 3. The lowest BCUT2D eigenvalue weighted by Gasteiger charge is -2.28. The van der Waals surface area contributed by atoms with Gasteiger partial charge in [0.1, 0.15) is 0 Å². The Hall–Kier alpha value is -1.48. The van der Waals surface area contributed by atoms with Crippen molar-refractivity contribution < 1.29 is 13.2 Å². The molecular formula is C21H36N4O3S. The summed E-state index contributed by atoms with van der Waals surface area (Å²) in [5.74, 6) is 0.212. The third-order valence-electron chi connectivity index (χ3n) is 5.48. The van der Waals surface area contributed by atoms with Crippen LogP contribution in [0.1, 0.15) is 45.1 Å². The van der Waals surface area contributed by atoms with Gasteiger partial charge in [0, 0.05) is 31.7 Å². The predicted molar refractivity (Wildman–Crippen MR) is 116 cm³/mol. The highest BCUT2D eigenvalue weighted by molar-refractivity contribution is 7.89. The van der Waals surface area contributed by atoms with Gasteiger partial charge in [-0.1, -0.05) is 25.5 Å². The zero-order chi connectivity index (χ0) is 21.3. The fourth-order valence-corrected chi connectivity index (χ4v) is 4.45. The van der Waals surface area contributed by atoms with E-state index in [0.29, 0.717) is 23.5 Å². The number of piperazine rings is 1. The number of carbonyl (C=O) groups is 1. The van der Waals surface area contributed by atoms with Gasteiger partial charge in [0.15, 0.2) is 0 Å². The molecule has 1 saturated heterocycles. The van der Waals surface area contributed by atoms with E-state index in [-0.39, 0.29) is 5.91 Å². The molecule has 1 aromatic rings. The van der Waals surface area contributed by atoms with Gasteiger partial charge in [-0.3, -0.25) is 4.79 Å². The van der Waals surface area contributed by atoms with Crippen molar-refractivity contribution in [3.05, 3.63) is 29.8 Å². The maximum atomic E-state index is 11.8. The first kappa shape index (κ1) is 23.8. The highest BCUT2D eigenvalue weighted by atomic mass is 32.2. The molecule has 1 fully saturated rings. The van der Waals surface area contributed by atoms with Gasteiger partial charge in [0.05, 0.1) is 11.4 Å². The zero-order valence-corrected chi connectivity index (χ0v) is 18.7. The van der Waals surface area contributed by atoms with Crippen LogP contribution in [0.15, 0.2) is 29.2 Å². The summed E-state index contributed by atoms with van der Waals surface area (Å²) in [6.07, 6.45) is 5.16. The Labute approximate surface area is 175 Å². The Morgan fingerprint density at radius 2 is 1.93 bits per heavy atom. The Balaban J connectivity index is 1.73. The summed E-state index contributed by atoms with van der Waals surface area (Å²) in [5.41, 5.74) is 1.12. The lowest BCUT2D eigenvalue weighted by atomic mass is 10.0. The first-order valence-corrected chi connectivity index (χ1v) is 12.1. The SMILES string of the molecule is CCC(CCCCN1CCNCC1=O)NC(C)Cc1ccc(S(=O)(=O)NC)cc1. The smallest absolute Gasteiger partial charge is 0.240 e. The van der Waals surface area contributed by atoms with Gasteiger partial charge in [-0.15, -0.1) is 0 Å². The van der Waals surface area contributed by atoms with Gasteiger partial charge in [-0.2, -0.15) is 0 Å². The van der Waals surface area contributed by atoms with Crippen molar-refractivity contribution in [3.63, 3.8) is 0 Å². The van der Waals surface area contributed by atoms with E-state index in [9.17, 15) is 13.2 Å². The first-order valence-electron chi connectivity index (χ1n) is 10.6. The highest BCUT2D eigenvalue weighted by Crippen LogP contribution is 2.13. The average molecular weight is 425 g/mol. The monoisotopic (exact) mass is 424 g/mol. The molecule has 0 spiro atoms. The van der Waals surface area contributed by atoms with Crippen LogP contribution in [0.3, 0.4) is 0 Å². The van der Waals surface area contributed by atoms with Gasteiger partial charge in [0.25, 0.3) is 0 Å². The summed E-state index contributed by atoms with van der Waals surface area (Å²) in [6.45, 7) is 7.40. The molecule has 0 aliphatic carbocycles. The Bertz CT molecular complexity index is 737. The second-order valence-corrected chi connectivity index (χ2v) is 9.67. The molecule has 0 radical (unpaired) electrons.